The molecule has 1 aliphatic rings. The molecular weight excluding hydrogens is 404 g/mol. The molecule has 1 aromatic heterocycles. The van der Waals surface area contributed by atoms with Gasteiger partial charge < -0.3 is 28.7 Å². The van der Waals surface area contributed by atoms with Crippen LogP contribution in [0.3, 0.4) is 0 Å². The van der Waals surface area contributed by atoms with Crippen molar-refractivity contribution in [2.24, 2.45) is 0 Å². The molecule has 1 saturated heterocycles. The van der Waals surface area contributed by atoms with Gasteiger partial charge in [-0.25, -0.2) is 0 Å². The number of halogens is 2. The van der Waals surface area contributed by atoms with Crippen molar-refractivity contribution in [3.8, 4) is 11.8 Å². The van der Waals surface area contributed by atoms with Crippen LogP contribution in [0.4, 0.5) is 8.78 Å². The minimum atomic E-state index is -2.86. The number of benzene rings is 1. The van der Waals surface area contributed by atoms with Crippen molar-refractivity contribution >= 4 is 5.91 Å². The van der Waals surface area contributed by atoms with E-state index in [4.69, 9.17) is 18.6 Å². The van der Waals surface area contributed by atoms with Crippen LogP contribution < -0.4 is 14.8 Å². The number of carbonyl (C=O) groups excluding carboxylic acids is 1. The van der Waals surface area contributed by atoms with Gasteiger partial charge >= 0.3 is 12.7 Å². The molecule has 1 aromatic carbocycles. The van der Waals surface area contributed by atoms with Gasteiger partial charge in [-0.3, -0.25) is 4.79 Å². The summed E-state index contributed by atoms with van der Waals surface area (Å²) >= 11 is 0. The van der Waals surface area contributed by atoms with E-state index in [0.717, 1.165) is 5.56 Å². The molecule has 2 heterocycles. The monoisotopic (exact) mass is 427 g/mol. The summed E-state index contributed by atoms with van der Waals surface area (Å²) in [4.78, 5) is 12.1. The van der Waals surface area contributed by atoms with Gasteiger partial charge in [0.2, 0.25) is 5.89 Å². The van der Waals surface area contributed by atoms with Crippen LogP contribution in [0.15, 0.2) is 28.7 Å². The highest BCUT2D eigenvalue weighted by Gasteiger charge is 2.28. The van der Waals surface area contributed by atoms with Gasteiger partial charge in [0.15, 0.2) is 6.61 Å². The Morgan fingerprint density at radius 2 is 2.00 bits per heavy atom. The number of carbonyl (C=O) groups is 1. The third kappa shape index (κ3) is 6.92. The lowest BCUT2D eigenvalue weighted by molar-refractivity contribution is -0.134. The number of nitrogens with zero attached hydrogens (tertiary/aromatic N) is 2. The van der Waals surface area contributed by atoms with Crippen LogP contribution in [0, 0.1) is 6.92 Å². The molecule has 1 amide bonds. The summed E-state index contributed by atoms with van der Waals surface area (Å²) in [6.45, 7) is -1.13. The van der Waals surface area contributed by atoms with Gasteiger partial charge in [-0.15, -0.1) is 5.10 Å². The highest BCUT2D eigenvalue weighted by Crippen LogP contribution is 2.28. The first-order valence-electron chi connectivity index (χ1n) is 9.46. The van der Waals surface area contributed by atoms with Crippen molar-refractivity contribution in [2.75, 3.05) is 26.4 Å². The molecule has 0 aliphatic carbocycles. The molecule has 0 spiro atoms. The quantitative estimate of drug-likeness (QED) is 0.577. The lowest BCUT2D eigenvalue weighted by Gasteiger charge is -2.27. The molecule has 30 heavy (non-hydrogen) atoms. The summed E-state index contributed by atoms with van der Waals surface area (Å²) in [5.74, 6) is 0.625. The summed E-state index contributed by atoms with van der Waals surface area (Å²) in [5, 5.41) is 10.4. The van der Waals surface area contributed by atoms with Gasteiger partial charge in [-0.1, -0.05) is 22.8 Å². The third-order valence-electron chi connectivity index (χ3n) is 4.28. The number of hydrogen-bond acceptors (Lipinski definition) is 8. The molecular formula is C19H23F2N3O6. The number of aromatic nitrogens is 2. The second-order valence-electron chi connectivity index (χ2n) is 6.65. The average Bonchev–Trinajstić information content (AvgIpc) is 3.20. The van der Waals surface area contributed by atoms with Crippen molar-refractivity contribution < 1.29 is 36.9 Å². The lowest BCUT2D eigenvalue weighted by atomic mass is 10.1. The number of ether oxygens (including phenoxy) is 4. The second-order valence-corrected chi connectivity index (χ2v) is 6.65. The van der Waals surface area contributed by atoms with Crippen molar-refractivity contribution in [3.63, 3.8) is 0 Å². The Kier molecular flexibility index (Phi) is 7.91. The minimum absolute atomic E-state index is 0.0807. The van der Waals surface area contributed by atoms with Crippen molar-refractivity contribution in [1.82, 2.24) is 15.5 Å². The first-order valence-corrected chi connectivity index (χ1v) is 9.46. The Labute approximate surface area is 171 Å². The summed E-state index contributed by atoms with van der Waals surface area (Å²) in [6.07, 6.45) is 0.640. The van der Waals surface area contributed by atoms with E-state index in [1.54, 1.807) is 0 Å². The second kappa shape index (κ2) is 10.8. The third-order valence-corrected chi connectivity index (χ3v) is 4.28. The minimum Gasteiger partial charge on any atom is -0.484 e. The van der Waals surface area contributed by atoms with Crippen LogP contribution in [-0.4, -0.2) is 55.2 Å². The summed E-state index contributed by atoms with van der Waals surface area (Å²) in [7, 11) is 0. The maximum atomic E-state index is 12.1. The number of alkyl halides is 2. The standard InChI is InChI=1S/C19H23F2N3O6/c1-12-2-5-14(6-3-12)28-11-16(25)22-13-4-7-15(29-10-13)17-23-24-19(30-17)27-9-8-26-18(20)21/h2-3,5-6,13,15,18H,4,7-11H2,1H3,(H,22,25)/t13-,15+/m0/s1. The van der Waals surface area contributed by atoms with E-state index < -0.39 is 12.7 Å². The van der Waals surface area contributed by atoms with E-state index in [2.05, 4.69) is 20.3 Å². The van der Waals surface area contributed by atoms with E-state index in [9.17, 15) is 13.6 Å². The number of hydrogen-bond donors (Lipinski definition) is 1. The molecule has 0 unspecified atom stereocenters. The molecule has 1 fully saturated rings. The highest BCUT2D eigenvalue weighted by atomic mass is 19.3. The first kappa shape index (κ1) is 21.9. The van der Waals surface area contributed by atoms with E-state index in [0.29, 0.717) is 18.6 Å². The van der Waals surface area contributed by atoms with Crippen molar-refractivity contribution in [1.29, 1.82) is 0 Å². The average molecular weight is 427 g/mol. The van der Waals surface area contributed by atoms with Crippen LogP contribution in [0.2, 0.25) is 0 Å². The van der Waals surface area contributed by atoms with E-state index >= 15 is 0 Å². The number of rotatable bonds is 10. The predicted molar refractivity (Wildman–Crippen MR) is 98.3 cm³/mol. The molecule has 0 radical (unpaired) electrons. The van der Waals surface area contributed by atoms with Gasteiger partial charge in [0.1, 0.15) is 18.5 Å². The maximum Gasteiger partial charge on any atom is 0.414 e. The molecule has 11 heteroatoms. The lowest BCUT2D eigenvalue weighted by Crippen LogP contribution is -2.43. The molecule has 2 atom stereocenters. The van der Waals surface area contributed by atoms with Crippen molar-refractivity contribution in [2.45, 2.75) is 38.5 Å². The molecule has 0 saturated carbocycles. The fourth-order valence-corrected chi connectivity index (χ4v) is 2.79. The maximum absolute atomic E-state index is 12.1. The number of nitrogens with one attached hydrogen (secondary N) is 1. The highest BCUT2D eigenvalue weighted by molar-refractivity contribution is 5.77. The van der Waals surface area contributed by atoms with E-state index in [-0.39, 0.29) is 50.3 Å². The van der Waals surface area contributed by atoms with Gasteiger partial charge in [0.05, 0.1) is 19.3 Å². The Bertz CT molecular complexity index is 794. The van der Waals surface area contributed by atoms with Gasteiger partial charge in [-0.05, 0) is 31.9 Å². The van der Waals surface area contributed by atoms with E-state index in [1.165, 1.54) is 0 Å². The summed E-state index contributed by atoms with van der Waals surface area (Å²) < 4.78 is 49.3. The Morgan fingerprint density at radius 1 is 1.20 bits per heavy atom. The molecule has 2 aromatic rings. The van der Waals surface area contributed by atoms with Gasteiger partial charge in [0, 0.05) is 0 Å². The SMILES string of the molecule is Cc1ccc(OCC(=O)N[C@H]2CC[C@H](c3nnc(OCCOC(F)F)o3)OC2)cc1. The van der Waals surface area contributed by atoms with Gasteiger partial charge in [0.25, 0.3) is 5.91 Å². The van der Waals surface area contributed by atoms with Crippen LogP contribution >= 0.6 is 0 Å². The normalized spacial score (nSPS) is 18.9. The molecule has 3 rings (SSSR count). The Morgan fingerprint density at radius 3 is 2.70 bits per heavy atom. The number of aryl methyl sites for hydroxylation is 1. The van der Waals surface area contributed by atoms with Crippen molar-refractivity contribution in [3.05, 3.63) is 35.7 Å². The molecule has 1 N–H and O–H groups in total. The topological polar surface area (TPSA) is 105 Å². The zero-order valence-corrected chi connectivity index (χ0v) is 16.4. The van der Waals surface area contributed by atoms with Crippen LogP contribution in [-0.2, 0) is 14.3 Å². The van der Waals surface area contributed by atoms with Crippen LogP contribution in [0.5, 0.6) is 11.8 Å². The Hall–Kier alpha value is -2.79. The van der Waals surface area contributed by atoms with E-state index in [1.807, 2.05) is 31.2 Å². The van der Waals surface area contributed by atoms with Gasteiger partial charge in [-0.2, -0.15) is 8.78 Å². The largest absolute Gasteiger partial charge is 0.484 e. The number of amides is 1. The summed E-state index contributed by atoms with van der Waals surface area (Å²) in [5.41, 5.74) is 1.11. The zero-order chi connectivity index (χ0) is 21.3. The zero-order valence-electron chi connectivity index (χ0n) is 16.4. The molecule has 0 bridgehead atoms. The fourth-order valence-electron chi connectivity index (χ4n) is 2.79. The van der Waals surface area contributed by atoms with Crippen LogP contribution in [0.25, 0.3) is 0 Å². The first-order chi connectivity index (χ1) is 14.5. The van der Waals surface area contributed by atoms with Crippen LogP contribution in [0.1, 0.15) is 30.4 Å². The summed E-state index contributed by atoms with van der Waals surface area (Å²) in [6, 6.07) is 7.29. The molecule has 1 aliphatic heterocycles. The predicted octanol–water partition coefficient (Wildman–Crippen LogP) is 2.41. The molecule has 9 nitrogen and oxygen atoms in total. The smallest absolute Gasteiger partial charge is 0.414 e. The fraction of sp³-hybridized carbons (Fsp3) is 0.526. The Balaban J connectivity index is 1.35. The molecule has 164 valence electrons.